The molecule has 4 atom stereocenters. The molecule has 0 unspecified atom stereocenters. The number of hydrogen-bond acceptors (Lipinski definition) is 8. The Balaban J connectivity index is 1.67. The van der Waals surface area contributed by atoms with Gasteiger partial charge in [-0.05, 0) is 18.8 Å². The smallest absolute Gasteiger partial charge is 0.382 e. The second kappa shape index (κ2) is 6.03. The Bertz CT molecular complexity index is 987. The molecule has 148 valence electrons. The van der Waals surface area contributed by atoms with E-state index in [1.54, 1.807) is 4.57 Å². The monoisotopic (exact) mass is 421 g/mol. The van der Waals surface area contributed by atoms with Gasteiger partial charge in [0.2, 0.25) is 0 Å². The first-order chi connectivity index (χ1) is 12.5. The van der Waals surface area contributed by atoms with E-state index in [4.69, 9.17) is 20.0 Å². The van der Waals surface area contributed by atoms with Crippen LogP contribution >= 0.6 is 15.6 Å². The van der Waals surface area contributed by atoms with Gasteiger partial charge in [0.15, 0.2) is 11.5 Å². The highest BCUT2D eigenvalue weighted by Gasteiger charge is 2.69. The topological polar surface area (TPSA) is 203 Å². The molecule has 2 saturated carbocycles. The predicted octanol–water partition coefficient (Wildman–Crippen LogP) is -0.0532. The summed E-state index contributed by atoms with van der Waals surface area (Å²) < 4.78 is 33.7. The summed E-state index contributed by atoms with van der Waals surface area (Å²) in [6, 6.07) is -0.304. The molecule has 2 fully saturated rings. The summed E-state index contributed by atoms with van der Waals surface area (Å²) >= 11 is 0. The number of phosphoric ester groups is 2. The lowest BCUT2D eigenvalue weighted by atomic mass is 10.0. The Morgan fingerprint density at radius 2 is 1.96 bits per heavy atom. The molecule has 0 bridgehead atoms. The fourth-order valence-electron chi connectivity index (χ4n) is 4.06. The normalized spacial score (nSPS) is 30.6. The number of anilines is 1. The number of nitrogen functional groups attached to an aromatic ring is 1. The van der Waals surface area contributed by atoms with Crippen molar-refractivity contribution in [1.29, 1.82) is 0 Å². The first-order valence-electron chi connectivity index (χ1n) is 7.87. The number of nitrogens with zero attached hydrogens (tertiary/aromatic N) is 4. The van der Waals surface area contributed by atoms with E-state index in [0.717, 1.165) is 0 Å². The molecule has 0 amide bonds. The molecule has 27 heavy (non-hydrogen) atoms. The van der Waals surface area contributed by atoms with Crippen molar-refractivity contribution >= 4 is 32.6 Å². The third kappa shape index (κ3) is 3.41. The van der Waals surface area contributed by atoms with Gasteiger partial charge in [0.05, 0.1) is 19.0 Å². The van der Waals surface area contributed by atoms with Gasteiger partial charge in [-0.3, -0.25) is 9.05 Å². The van der Waals surface area contributed by atoms with Crippen LogP contribution in [0.25, 0.3) is 11.2 Å². The van der Waals surface area contributed by atoms with E-state index in [0.29, 0.717) is 17.6 Å². The predicted molar refractivity (Wildman–Crippen MR) is 88.8 cm³/mol. The SMILES string of the molecule is Nc1ncnc2c1ncn2[C@H]1C[C@H](OP(=O)(O)O)[C@]2(COP(=O)(O)O)C[C@H]12. The molecule has 2 aromatic rings. The van der Waals surface area contributed by atoms with Crippen LogP contribution in [0.2, 0.25) is 0 Å². The Morgan fingerprint density at radius 1 is 1.22 bits per heavy atom. The maximum Gasteiger partial charge on any atom is 0.469 e. The third-order valence-corrected chi connectivity index (χ3v) is 6.24. The average molecular weight is 421 g/mol. The van der Waals surface area contributed by atoms with Crippen LogP contribution < -0.4 is 5.73 Å². The van der Waals surface area contributed by atoms with Crippen LogP contribution in [0, 0.1) is 11.3 Å². The van der Waals surface area contributed by atoms with Crippen molar-refractivity contribution in [3.8, 4) is 0 Å². The number of hydrogen-bond donors (Lipinski definition) is 5. The molecule has 2 aliphatic rings. The van der Waals surface area contributed by atoms with Crippen LogP contribution in [0.4, 0.5) is 5.82 Å². The maximum absolute atomic E-state index is 11.4. The minimum absolute atomic E-state index is 0.186. The summed E-state index contributed by atoms with van der Waals surface area (Å²) in [5, 5.41) is 0. The minimum atomic E-state index is -4.81. The van der Waals surface area contributed by atoms with Gasteiger partial charge in [0.1, 0.15) is 11.8 Å². The molecular formula is C12H17N5O8P2. The lowest BCUT2D eigenvalue weighted by Gasteiger charge is -2.24. The molecule has 0 aromatic carbocycles. The molecule has 0 spiro atoms. The summed E-state index contributed by atoms with van der Waals surface area (Å²) in [5.41, 5.74) is 5.73. The van der Waals surface area contributed by atoms with Crippen molar-refractivity contribution in [2.75, 3.05) is 12.3 Å². The van der Waals surface area contributed by atoms with Crippen molar-refractivity contribution < 1.29 is 37.8 Å². The Hall–Kier alpha value is -1.43. The van der Waals surface area contributed by atoms with Crippen LogP contribution in [0.5, 0.6) is 0 Å². The first kappa shape index (κ1) is 18.9. The maximum atomic E-state index is 11.4. The quantitative estimate of drug-likeness (QED) is 0.390. The summed E-state index contributed by atoms with van der Waals surface area (Å²) in [6.07, 6.45) is 2.45. The molecule has 6 N–H and O–H groups in total. The van der Waals surface area contributed by atoms with Crippen LogP contribution in [0.1, 0.15) is 18.9 Å². The third-order valence-electron chi connectivity index (χ3n) is 5.25. The van der Waals surface area contributed by atoms with E-state index in [1.165, 1.54) is 12.7 Å². The van der Waals surface area contributed by atoms with Gasteiger partial charge in [-0.15, -0.1) is 0 Å². The van der Waals surface area contributed by atoms with E-state index in [2.05, 4.69) is 19.5 Å². The number of nitrogens with two attached hydrogens (primary N) is 1. The largest absolute Gasteiger partial charge is 0.469 e. The van der Waals surface area contributed by atoms with Gasteiger partial charge < -0.3 is 29.9 Å². The molecule has 2 heterocycles. The molecule has 0 saturated heterocycles. The number of fused-ring (bicyclic) bond motifs is 2. The second-order valence-electron chi connectivity index (χ2n) is 6.78. The zero-order chi connectivity index (χ0) is 19.6. The van der Waals surface area contributed by atoms with E-state index < -0.39 is 27.2 Å². The fourth-order valence-corrected chi connectivity index (χ4v) is 5.09. The molecule has 13 nitrogen and oxygen atoms in total. The molecule has 2 aromatic heterocycles. The van der Waals surface area contributed by atoms with Gasteiger partial charge in [0.25, 0.3) is 0 Å². The van der Waals surface area contributed by atoms with Gasteiger partial charge in [-0.25, -0.2) is 24.1 Å². The standard InChI is InChI=1S/C12H17N5O8P2/c13-10-9-11(15-4-14-10)17(5-16-9)7-1-8(25-27(21,22)23)12(2-6(7)12)3-24-26(18,19)20/h4-8H,1-3H2,(H2,13,14,15)(H2,18,19,20)(H2,21,22,23)/t6-,7+,8+,12+/m1/s1. The summed E-state index contributed by atoms with van der Waals surface area (Å²) in [6.45, 7) is -0.382. The summed E-state index contributed by atoms with van der Waals surface area (Å²) in [7, 11) is -9.56. The second-order valence-corrected chi connectivity index (χ2v) is 9.21. The van der Waals surface area contributed by atoms with Crippen molar-refractivity contribution in [3.05, 3.63) is 12.7 Å². The molecule has 2 aliphatic carbocycles. The Kier molecular flexibility index (Phi) is 4.22. The number of rotatable bonds is 6. The highest BCUT2D eigenvalue weighted by molar-refractivity contribution is 7.46. The molecule has 4 rings (SSSR count). The molecular weight excluding hydrogens is 404 g/mol. The van der Waals surface area contributed by atoms with E-state index in [1.807, 2.05) is 0 Å². The van der Waals surface area contributed by atoms with Crippen LogP contribution in [0.3, 0.4) is 0 Å². The van der Waals surface area contributed by atoms with Gasteiger partial charge >= 0.3 is 15.6 Å². The van der Waals surface area contributed by atoms with Crippen molar-refractivity contribution in [2.45, 2.75) is 25.0 Å². The van der Waals surface area contributed by atoms with Gasteiger partial charge in [-0.2, -0.15) is 0 Å². The number of imidazole rings is 1. The highest BCUT2D eigenvalue weighted by atomic mass is 31.2. The highest BCUT2D eigenvalue weighted by Crippen LogP contribution is 2.71. The van der Waals surface area contributed by atoms with Crippen LogP contribution in [-0.4, -0.2) is 51.8 Å². The van der Waals surface area contributed by atoms with Crippen molar-refractivity contribution in [2.24, 2.45) is 11.3 Å². The average Bonchev–Trinajstić information content (AvgIpc) is 2.98. The Labute approximate surface area is 152 Å². The van der Waals surface area contributed by atoms with E-state index >= 15 is 0 Å². The van der Waals surface area contributed by atoms with Crippen molar-refractivity contribution in [3.63, 3.8) is 0 Å². The number of aromatic nitrogens is 4. The fraction of sp³-hybridized carbons (Fsp3) is 0.583. The molecule has 0 radical (unpaired) electrons. The molecule has 15 heteroatoms. The molecule has 0 aliphatic heterocycles. The van der Waals surface area contributed by atoms with E-state index in [-0.39, 0.29) is 30.8 Å². The van der Waals surface area contributed by atoms with Gasteiger partial charge in [-0.1, -0.05) is 0 Å². The van der Waals surface area contributed by atoms with Crippen molar-refractivity contribution in [1.82, 2.24) is 19.5 Å². The van der Waals surface area contributed by atoms with Gasteiger partial charge in [0, 0.05) is 11.5 Å². The lowest BCUT2D eigenvalue weighted by molar-refractivity contribution is 0.0499. The van der Waals surface area contributed by atoms with Crippen LogP contribution in [0.15, 0.2) is 12.7 Å². The Morgan fingerprint density at radius 3 is 2.63 bits per heavy atom. The van der Waals surface area contributed by atoms with E-state index in [9.17, 15) is 18.9 Å². The van der Waals surface area contributed by atoms with Crippen LogP contribution in [-0.2, 0) is 18.2 Å². The number of phosphoric acid groups is 2. The zero-order valence-corrected chi connectivity index (χ0v) is 15.5. The lowest BCUT2D eigenvalue weighted by Crippen LogP contribution is -2.26. The minimum Gasteiger partial charge on any atom is -0.382 e. The summed E-state index contributed by atoms with van der Waals surface area (Å²) in [5.74, 6) is 0.0147. The zero-order valence-electron chi connectivity index (χ0n) is 13.7. The first-order valence-corrected chi connectivity index (χ1v) is 10.9. The summed E-state index contributed by atoms with van der Waals surface area (Å²) in [4.78, 5) is 48.7.